The molecule has 2 unspecified atom stereocenters. The number of hydrogen-bond acceptors (Lipinski definition) is 7. The van der Waals surface area contributed by atoms with Gasteiger partial charge < -0.3 is 20.3 Å². The highest BCUT2D eigenvalue weighted by atomic mass is 32.1. The molecule has 0 bridgehead atoms. The summed E-state index contributed by atoms with van der Waals surface area (Å²) in [6.07, 6.45) is -0.244. The van der Waals surface area contributed by atoms with Gasteiger partial charge in [0.25, 0.3) is 0 Å². The molecule has 0 aliphatic rings. The molecule has 1 aromatic carbocycles. The number of benzene rings is 1. The maximum atomic E-state index is 11.7. The average Bonchev–Trinajstić information content (AvgIpc) is 3.48. The second-order valence-corrected chi connectivity index (χ2v) is 9.53. The Morgan fingerprint density at radius 2 is 1.61 bits per heavy atom. The van der Waals surface area contributed by atoms with Crippen molar-refractivity contribution in [2.24, 2.45) is 5.92 Å². The number of carbonyl (C=O) groups excluding carboxylic acids is 1. The van der Waals surface area contributed by atoms with E-state index in [4.69, 9.17) is 4.74 Å². The molecule has 3 N–H and O–H groups in total. The van der Waals surface area contributed by atoms with E-state index in [0.29, 0.717) is 18.7 Å². The van der Waals surface area contributed by atoms with Crippen molar-refractivity contribution in [3.05, 3.63) is 74.6 Å². The molecular weight excluding hydrogens is 430 g/mol. The van der Waals surface area contributed by atoms with Crippen molar-refractivity contribution in [1.82, 2.24) is 5.32 Å². The normalized spacial score (nSPS) is 13.9. The molecule has 0 aliphatic heterocycles. The molecule has 0 aliphatic carbocycles. The number of ether oxygens (including phenoxy) is 1. The molecule has 0 saturated heterocycles. The van der Waals surface area contributed by atoms with Crippen molar-refractivity contribution in [2.75, 3.05) is 6.54 Å². The fourth-order valence-electron chi connectivity index (χ4n) is 3.30. The molecule has 5 nitrogen and oxygen atoms in total. The van der Waals surface area contributed by atoms with Gasteiger partial charge in [-0.2, -0.15) is 22.7 Å². The lowest BCUT2D eigenvalue weighted by atomic mass is 9.86. The SMILES string of the molecule is CC(C)C(=O)Oc1ccc(C(O)C(C)NCCC(O)(c2ccsc2)c2ccsc2)cc1. The van der Waals surface area contributed by atoms with Gasteiger partial charge in [-0.15, -0.1) is 0 Å². The molecule has 3 rings (SSSR count). The van der Waals surface area contributed by atoms with Crippen molar-refractivity contribution in [3.8, 4) is 5.75 Å². The molecular formula is C24H29NO4S2. The van der Waals surface area contributed by atoms with Gasteiger partial charge in [0, 0.05) is 6.04 Å². The lowest BCUT2D eigenvalue weighted by Crippen LogP contribution is -2.37. The number of carbonyl (C=O) groups is 1. The summed E-state index contributed by atoms with van der Waals surface area (Å²) in [6, 6.07) is 10.6. The van der Waals surface area contributed by atoms with Gasteiger partial charge in [-0.3, -0.25) is 4.79 Å². The predicted molar refractivity (Wildman–Crippen MR) is 126 cm³/mol. The van der Waals surface area contributed by atoms with Crippen LogP contribution in [0.2, 0.25) is 0 Å². The van der Waals surface area contributed by atoms with Gasteiger partial charge in [-0.25, -0.2) is 0 Å². The molecule has 31 heavy (non-hydrogen) atoms. The highest BCUT2D eigenvalue weighted by Gasteiger charge is 2.32. The molecule has 2 heterocycles. The van der Waals surface area contributed by atoms with Crippen LogP contribution in [-0.4, -0.2) is 28.8 Å². The van der Waals surface area contributed by atoms with Crippen molar-refractivity contribution >= 4 is 28.6 Å². The summed E-state index contributed by atoms with van der Waals surface area (Å²) < 4.78 is 5.28. The molecule has 0 radical (unpaired) electrons. The number of esters is 1. The van der Waals surface area contributed by atoms with Gasteiger partial charge in [0.05, 0.1) is 12.0 Å². The summed E-state index contributed by atoms with van der Waals surface area (Å²) in [5, 5.41) is 33.3. The van der Waals surface area contributed by atoms with E-state index in [9.17, 15) is 15.0 Å². The van der Waals surface area contributed by atoms with Crippen LogP contribution >= 0.6 is 22.7 Å². The van der Waals surface area contributed by atoms with Crippen LogP contribution in [0.5, 0.6) is 5.75 Å². The van der Waals surface area contributed by atoms with E-state index in [1.54, 1.807) is 60.8 Å². The van der Waals surface area contributed by atoms with E-state index in [0.717, 1.165) is 16.7 Å². The third-order valence-electron chi connectivity index (χ3n) is 5.34. The van der Waals surface area contributed by atoms with E-state index < -0.39 is 11.7 Å². The molecule has 3 aromatic rings. The number of thiophene rings is 2. The van der Waals surface area contributed by atoms with Crippen molar-refractivity contribution < 1.29 is 19.7 Å². The van der Waals surface area contributed by atoms with E-state index in [-0.39, 0.29) is 17.9 Å². The molecule has 166 valence electrons. The minimum absolute atomic E-state index is 0.198. The van der Waals surface area contributed by atoms with Crippen LogP contribution in [0.25, 0.3) is 0 Å². The standard InChI is InChI=1S/C24H29NO4S2/c1-16(2)23(27)29-21-6-4-18(5-7-21)22(26)17(3)25-11-10-24(28,19-8-12-30-14-19)20-9-13-31-15-20/h4-9,12-17,22,25-26,28H,10-11H2,1-3H3. The summed E-state index contributed by atoms with van der Waals surface area (Å²) >= 11 is 3.13. The quantitative estimate of drug-likeness (QED) is 0.302. The number of hydrogen-bond donors (Lipinski definition) is 3. The van der Waals surface area contributed by atoms with Gasteiger partial charge in [0.15, 0.2) is 0 Å². The van der Waals surface area contributed by atoms with Crippen LogP contribution in [0.3, 0.4) is 0 Å². The minimum atomic E-state index is -1.06. The largest absolute Gasteiger partial charge is 0.426 e. The van der Waals surface area contributed by atoms with Gasteiger partial charge >= 0.3 is 5.97 Å². The van der Waals surface area contributed by atoms with Crippen LogP contribution in [0, 0.1) is 5.92 Å². The first-order chi connectivity index (χ1) is 14.8. The smallest absolute Gasteiger partial charge is 0.313 e. The maximum absolute atomic E-state index is 11.7. The third kappa shape index (κ3) is 5.81. The number of nitrogens with one attached hydrogen (secondary N) is 1. The van der Waals surface area contributed by atoms with E-state index >= 15 is 0 Å². The second kappa shape index (κ2) is 10.5. The van der Waals surface area contributed by atoms with Crippen molar-refractivity contribution in [3.63, 3.8) is 0 Å². The monoisotopic (exact) mass is 459 g/mol. The lowest BCUT2D eigenvalue weighted by Gasteiger charge is -2.29. The third-order valence-corrected chi connectivity index (χ3v) is 6.70. The topological polar surface area (TPSA) is 78.8 Å². The van der Waals surface area contributed by atoms with Crippen LogP contribution in [0.4, 0.5) is 0 Å². The zero-order valence-electron chi connectivity index (χ0n) is 17.9. The van der Waals surface area contributed by atoms with Crippen LogP contribution < -0.4 is 10.1 Å². The Morgan fingerprint density at radius 1 is 1.03 bits per heavy atom. The Morgan fingerprint density at radius 3 is 2.10 bits per heavy atom. The zero-order chi connectivity index (χ0) is 22.4. The fourth-order valence-corrected chi connectivity index (χ4v) is 4.75. The second-order valence-electron chi connectivity index (χ2n) is 7.97. The molecule has 7 heteroatoms. The summed E-state index contributed by atoms with van der Waals surface area (Å²) in [6.45, 7) is 6.01. The highest BCUT2D eigenvalue weighted by Crippen LogP contribution is 2.35. The first-order valence-corrected chi connectivity index (χ1v) is 12.2. The van der Waals surface area contributed by atoms with Gasteiger partial charge in [0.1, 0.15) is 11.4 Å². The Bertz CT molecular complexity index is 902. The molecule has 2 atom stereocenters. The number of rotatable bonds is 10. The first-order valence-electron chi connectivity index (χ1n) is 10.3. The average molecular weight is 460 g/mol. The van der Waals surface area contributed by atoms with Gasteiger partial charge in [-0.1, -0.05) is 26.0 Å². The first kappa shape index (κ1) is 23.6. The summed E-state index contributed by atoms with van der Waals surface area (Å²) in [5.74, 6) is -0.0183. The van der Waals surface area contributed by atoms with Gasteiger partial charge in [0.2, 0.25) is 0 Å². The lowest BCUT2D eigenvalue weighted by molar-refractivity contribution is -0.137. The van der Waals surface area contributed by atoms with Crippen LogP contribution in [0.1, 0.15) is 50.0 Å². The minimum Gasteiger partial charge on any atom is -0.426 e. The summed E-state index contributed by atoms with van der Waals surface area (Å²) in [5.41, 5.74) is 1.45. The van der Waals surface area contributed by atoms with Crippen molar-refractivity contribution in [2.45, 2.75) is 44.9 Å². The summed E-state index contributed by atoms with van der Waals surface area (Å²) in [7, 11) is 0. The van der Waals surface area contributed by atoms with Crippen LogP contribution in [0.15, 0.2) is 57.9 Å². The Hall–Kier alpha value is -2.03. The number of aliphatic hydroxyl groups is 2. The van der Waals surface area contributed by atoms with Crippen LogP contribution in [-0.2, 0) is 10.4 Å². The molecule has 0 saturated carbocycles. The molecule has 0 amide bonds. The van der Waals surface area contributed by atoms with E-state index in [1.165, 1.54) is 0 Å². The predicted octanol–water partition coefficient (Wildman–Crippen LogP) is 4.71. The molecule has 0 fully saturated rings. The van der Waals surface area contributed by atoms with E-state index in [1.807, 2.05) is 40.6 Å². The highest BCUT2D eigenvalue weighted by molar-refractivity contribution is 7.08. The Kier molecular flexibility index (Phi) is 8.02. The molecule has 2 aromatic heterocycles. The Balaban J connectivity index is 1.58. The summed E-state index contributed by atoms with van der Waals surface area (Å²) in [4.78, 5) is 11.7. The number of aliphatic hydroxyl groups excluding tert-OH is 1. The zero-order valence-corrected chi connectivity index (χ0v) is 19.6. The van der Waals surface area contributed by atoms with Gasteiger partial charge in [-0.05, 0) is 82.4 Å². The Labute approximate surface area is 191 Å². The fraction of sp³-hybridized carbons (Fsp3) is 0.375. The van der Waals surface area contributed by atoms with E-state index in [2.05, 4.69) is 5.32 Å². The van der Waals surface area contributed by atoms with Crippen molar-refractivity contribution in [1.29, 1.82) is 0 Å². The molecule has 0 spiro atoms. The maximum Gasteiger partial charge on any atom is 0.313 e.